The van der Waals surface area contributed by atoms with E-state index >= 15 is 0 Å². The van der Waals surface area contributed by atoms with E-state index in [-0.39, 0.29) is 0 Å². The van der Waals surface area contributed by atoms with Crippen LogP contribution in [0.3, 0.4) is 0 Å². The third-order valence-electron chi connectivity index (χ3n) is 3.06. The summed E-state index contributed by atoms with van der Waals surface area (Å²) in [7, 11) is 1.98. The third kappa shape index (κ3) is 2.93. The topological polar surface area (TPSA) is 12.0 Å². The van der Waals surface area contributed by atoms with Gasteiger partial charge in [-0.1, -0.05) is 34.1 Å². The molecule has 1 unspecified atom stereocenters. The lowest BCUT2D eigenvalue weighted by Crippen LogP contribution is -2.15. The van der Waals surface area contributed by atoms with Gasteiger partial charge in [0.15, 0.2) is 0 Å². The zero-order chi connectivity index (χ0) is 13.0. The first-order chi connectivity index (χ1) is 8.74. The van der Waals surface area contributed by atoms with Gasteiger partial charge in [0.2, 0.25) is 0 Å². The quantitative estimate of drug-likeness (QED) is 0.835. The van der Waals surface area contributed by atoms with Crippen molar-refractivity contribution in [1.82, 2.24) is 5.32 Å². The van der Waals surface area contributed by atoms with E-state index in [1.54, 1.807) is 0 Å². The number of rotatable bonds is 3. The maximum Gasteiger partial charge on any atom is 0.0428 e. The van der Waals surface area contributed by atoms with Crippen molar-refractivity contribution in [2.75, 3.05) is 7.05 Å². The van der Waals surface area contributed by atoms with Crippen LogP contribution in [-0.4, -0.2) is 7.05 Å². The molecule has 0 aliphatic heterocycles. The first-order valence-electron chi connectivity index (χ1n) is 6.00. The summed E-state index contributed by atoms with van der Waals surface area (Å²) in [5, 5.41) is 5.84. The lowest BCUT2D eigenvalue weighted by molar-refractivity contribution is 0.612. The second kappa shape index (κ2) is 6.04. The molecule has 0 aromatic heterocycles. The normalized spacial score (nSPS) is 11.9. The average molecular weight is 302 g/mol. The standard InChI is InChI=1S/C16H16BrN/c1-3-4-5-16(18-2)14-7-6-13-11-15(17)9-8-12(13)10-14/h6-11,16,18H,5H2,1-2H3. The monoisotopic (exact) mass is 301 g/mol. The lowest BCUT2D eigenvalue weighted by Gasteiger charge is -2.14. The van der Waals surface area contributed by atoms with E-state index < -0.39 is 0 Å². The van der Waals surface area contributed by atoms with Gasteiger partial charge in [-0.15, -0.1) is 11.8 Å². The smallest absolute Gasteiger partial charge is 0.0428 e. The Kier molecular flexibility index (Phi) is 4.41. The fourth-order valence-corrected chi connectivity index (χ4v) is 2.42. The van der Waals surface area contributed by atoms with E-state index in [1.807, 2.05) is 14.0 Å². The predicted octanol–water partition coefficient (Wildman–Crippen LogP) is 4.28. The number of halogens is 1. The number of benzene rings is 2. The van der Waals surface area contributed by atoms with Crippen LogP contribution in [0.4, 0.5) is 0 Å². The van der Waals surface area contributed by atoms with Crippen LogP contribution in [0, 0.1) is 11.8 Å². The second-order valence-electron chi connectivity index (χ2n) is 4.22. The van der Waals surface area contributed by atoms with Crippen LogP contribution < -0.4 is 5.32 Å². The van der Waals surface area contributed by atoms with Gasteiger partial charge in [-0.05, 0) is 48.5 Å². The van der Waals surface area contributed by atoms with Crippen LogP contribution in [0.25, 0.3) is 10.8 Å². The molecule has 2 rings (SSSR count). The molecule has 1 N–H and O–H groups in total. The highest BCUT2D eigenvalue weighted by atomic mass is 79.9. The predicted molar refractivity (Wildman–Crippen MR) is 81.5 cm³/mol. The molecule has 0 amide bonds. The van der Waals surface area contributed by atoms with E-state index in [1.165, 1.54) is 16.3 Å². The molecule has 0 heterocycles. The Balaban J connectivity index is 2.38. The maximum atomic E-state index is 3.50. The van der Waals surface area contributed by atoms with Crippen LogP contribution >= 0.6 is 15.9 Å². The van der Waals surface area contributed by atoms with Crippen molar-refractivity contribution in [2.45, 2.75) is 19.4 Å². The Hall–Kier alpha value is -1.30. The molecule has 2 aromatic carbocycles. The summed E-state index contributed by atoms with van der Waals surface area (Å²) in [5.41, 5.74) is 1.29. The minimum Gasteiger partial charge on any atom is -0.312 e. The molecule has 1 atom stereocenters. The first kappa shape index (κ1) is 13.1. The first-order valence-corrected chi connectivity index (χ1v) is 6.80. The fourth-order valence-electron chi connectivity index (χ4n) is 2.04. The van der Waals surface area contributed by atoms with E-state index in [4.69, 9.17) is 0 Å². The molecule has 0 fully saturated rings. The van der Waals surface area contributed by atoms with Gasteiger partial charge in [0.1, 0.15) is 0 Å². The van der Waals surface area contributed by atoms with Gasteiger partial charge in [-0.2, -0.15) is 0 Å². The molecule has 0 saturated carbocycles. The zero-order valence-electron chi connectivity index (χ0n) is 10.6. The van der Waals surface area contributed by atoms with E-state index in [0.29, 0.717) is 6.04 Å². The van der Waals surface area contributed by atoms with Gasteiger partial charge in [0, 0.05) is 16.9 Å². The summed E-state index contributed by atoms with van der Waals surface area (Å²) >= 11 is 3.50. The minimum atomic E-state index is 0.297. The van der Waals surface area contributed by atoms with Crippen molar-refractivity contribution in [2.24, 2.45) is 0 Å². The summed E-state index contributed by atoms with van der Waals surface area (Å²) in [6, 6.07) is 13.2. The minimum absolute atomic E-state index is 0.297. The number of hydrogen-bond acceptors (Lipinski definition) is 1. The summed E-state index contributed by atoms with van der Waals surface area (Å²) in [5.74, 6) is 6.09. The molecular weight excluding hydrogens is 286 g/mol. The number of hydrogen-bond donors (Lipinski definition) is 1. The Morgan fingerprint density at radius 3 is 2.61 bits per heavy atom. The van der Waals surface area contributed by atoms with Crippen LogP contribution in [-0.2, 0) is 0 Å². The Morgan fingerprint density at radius 1 is 1.17 bits per heavy atom. The van der Waals surface area contributed by atoms with Crippen LogP contribution in [0.5, 0.6) is 0 Å². The number of nitrogens with one attached hydrogen (secondary N) is 1. The van der Waals surface area contributed by atoms with Gasteiger partial charge >= 0.3 is 0 Å². The van der Waals surface area contributed by atoms with Crippen molar-refractivity contribution < 1.29 is 0 Å². The molecule has 0 aliphatic carbocycles. The van der Waals surface area contributed by atoms with Gasteiger partial charge in [-0.3, -0.25) is 0 Å². The molecule has 0 aliphatic rings. The van der Waals surface area contributed by atoms with Crippen LogP contribution in [0.2, 0.25) is 0 Å². The highest BCUT2D eigenvalue weighted by Gasteiger charge is 2.08. The van der Waals surface area contributed by atoms with Crippen molar-refractivity contribution in [1.29, 1.82) is 0 Å². The van der Waals surface area contributed by atoms with Gasteiger partial charge < -0.3 is 5.32 Å². The summed E-state index contributed by atoms with van der Waals surface area (Å²) < 4.78 is 1.12. The van der Waals surface area contributed by atoms with Gasteiger partial charge in [0.05, 0.1) is 0 Å². The summed E-state index contributed by atoms with van der Waals surface area (Å²) in [6.45, 7) is 1.88. The molecular formula is C16H16BrN. The largest absolute Gasteiger partial charge is 0.312 e. The molecule has 18 heavy (non-hydrogen) atoms. The maximum absolute atomic E-state index is 3.50. The Morgan fingerprint density at radius 2 is 1.89 bits per heavy atom. The van der Waals surface area contributed by atoms with Crippen molar-refractivity contribution in [3.8, 4) is 11.8 Å². The molecule has 0 spiro atoms. The molecule has 0 saturated heterocycles. The molecule has 0 bridgehead atoms. The number of fused-ring (bicyclic) bond motifs is 1. The van der Waals surface area contributed by atoms with E-state index in [9.17, 15) is 0 Å². The summed E-state index contributed by atoms with van der Waals surface area (Å²) in [6.07, 6.45) is 0.842. The van der Waals surface area contributed by atoms with Crippen LogP contribution in [0.1, 0.15) is 24.9 Å². The molecule has 2 aromatic rings. The van der Waals surface area contributed by atoms with Crippen molar-refractivity contribution >= 4 is 26.7 Å². The van der Waals surface area contributed by atoms with Crippen molar-refractivity contribution in [3.63, 3.8) is 0 Å². The molecule has 2 heteroatoms. The van der Waals surface area contributed by atoms with E-state index in [2.05, 4.69) is 69.5 Å². The van der Waals surface area contributed by atoms with Gasteiger partial charge in [-0.25, -0.2) is 0 Å². The third-order valence-corrected chi connectivity index (χ3v) is 3.55. The SMILES string of the molecule is CC#CCC(NC)c1ccc2cc(Br)ccc2c1. The molecule has 0 radical (unpaired) electrons. The highest BCUT2D eigenvalue weighted by molar-refractivity contribution is 9.10. The molecule has 1 nitrogen and oxygen atoms in total. The van der Waals surface area contributed by atoms with E-state index in [0.717, 1.165) is 10.9 Å². The second-order valence-corrected chi connectivity index (χ2v) is 5.14. The average Bonchev–Trinajstić information content (AvgIpc) is 2.39. The summed E-state index contributed by atoms with van der Waals surface area (Å²) in [4.78, 5) is 0. The Bertz CT molecular complexity index is 607. The fraction of sp³-hybridized carbons (Fsp3) is 0.250. The van der Waals surface area contributed by atoms with Crippen LogP contribution in [0.15, 0.2) is 40.9 Å². The highest BCUT2D eigenvalue weighted by Crippen LogP contribution is 2.24. The zero-order valence-corrected chi connectivity index (χ0v) is 12.2. The van der Waals surface area contributed by atoms with Crippen molar-refractivity contribution in [3.05, 3.63) is 46.4 Å². The molecule has 92 valence electrons. The lowest BCUT2D eigenvalue weighted by atomic mass is 10.00. The Labute approximate surface area is 117 Å². The van der Waals surface area contributed by atoms with Gasteiger partial charge in [0.25, 0.3) is 0 Å².